The van der Waals surface area contributed by atoms with Crippen molar-refractivity contribution in [2.45, 2.75) is 25.4 Å². The number of benzene rings is 1. The van der Waals surface area contributed by atoms with Gasteiger partial charge >= 0.3 is 0 Å². The molecule has 0 aromatic heterocycles. The third kappa shape index (κ3) is 1.97. The van der Waals surface area contributed by atoms with Gasteiger partial charge in [-0.25, -0.2) is 0 Å². The van der Waals surface area contributed by atoms with Gasteiger partial charge < -0.3 is 9.84 Å². The number of hydrogen-bond donors (Lipinski definition) is 1. The van der Waals surface area contributed by atoms with Crippen molar-refractivity contribution < 1.29 is 9.84 Å². The van der Waals surface area contributed by atoms with E-state index in [0.717, 1.165) is 12.8 Å². The summed E-state index contributed by atoms with van der Waals surface area (Å²) in [4.78, 5) is 0. The molecule has 1 N–H and O–H groups in total. The van der Waals surface area contributed by atoms with E-state index in [4.69, 9.17) is 9.84 Å². The van der Waals surface area contributed by atoms with Crippen LogP contribution in [0.1, 0.15) is 30.1 Å². The van der Waals surface area contributed by atoms with Gasteiger partial charge in [0.1, 0.15) is 0 Å². The molecule has 0 amide bonds. The van der Waals surface area contributed by atoms with Gasteiger partial charge in [-0.1, -0.05) is 24.3 Å². The number of ether oxygens (including phenoxy) is 1. The summed E-state index contributed by atoms with van der Waals surface area (Å²) < 4.78 is 5.61. The molecular weight excluding hydrogens is 176 g/mol. The molecule has 1 aliphatic rings. The molecule has 0 fully saturated rings. The van der Waals surface area contributed by atoms with Crippen molar-refractivity contribution in [3.63, 3.8) is 0 Å². The van der Waals surface area contributed by atoms with Gasteiger partial charge in [0.05, 0.1) is 19.3 Å². The summed E-state index contributed by atoms with van der Waals surface area (Å²) in [6.45, 7) is 0.553. The van der Waals surface area contributed by atoms with Crippen molar-refractivity contribution >= 4 is 0 Å². The maximum absolute atomic E-state index is 8.72. The minimum Gasteiger partial charge on any atom is -0.394 e. The fourth-order valence-electron chi connectivity index (χ4n) is 2.08. The molecule has 1 atom stereocenters. The molecule has 76 valence electrons. The largest absolute Gasteiger partial charge is 0.394 e. The second-order valence-electron chi connectivity index (χ2n) is 3.67. The molecule has 0 saturated carbocycles. The topological polar surface area (TPSA) is 29.5 Å². The van der Waals surface area contributed by atoms with E-state index in [2.05, 4.69) is 24.3 Å². The zero-order valence-electron chi connectivity index (χ0n) is 8.28. The molecule has 1 unspecified atom stereocenters. The van der Waals surface area contributed by atoms with E-state index in [0.29, 0.717) is 6.61 Å². The molecule has 2 heteroatoms. The molecule has 0 spiro atoms. The van der Waals surface area contributed by atoms with E-state index in [-0.39, 0.29) is 12.7 Å². The van der Waals surface area contributed by atoms with Crippen LogP contribution < -0.4 is 0 Å². The summed E-state index contributed by atoms with van der Waals surface area (Å²) in [5, 5.41) is 8.72. The van der Waals surface area contributed by atoms with Crippen molar-refractivity contribution in [3.05, 3.63) is 35.4 Å². The quantitative estimate of drug-likeness (QED) is 0.794. The van der Waals surface area contributed by atoms with Crippen molar-refractivity contribution in [2.24, 2.45) is 0 Å². The summed E-state index contributed by atoms with van der Waals surface area (Å²) in [7, 11) is 0. The van der Waals surface area contributed by atoms with Gasteiger partial charge in [-0.15, -0.1) is 0 Å². The molecule has 0 aliphatic heterocycles. The average Bonchev–Trinajstić information content (AvgIpc) is 2.26. The van der Waals surface area contributed by atoms with Crippen molar-refractivity contribution in [1.29, 1.82) is 0 Å². The molecule has 0 saturated heterocycles. The molecule has 14 heavy (non-hydrogen) atoms. The Balaban J connectivity index is 2.14. The lowest BCUT2D eigenvalue weighted by Gasteiger charge is -2.25. The van der Waals surface area contributed by atoms with Gasteiger partial charge in [-0.3, -0.25) is 0 Å². The average molecular weight is 192 g/mol. The maximum atomic E-state index is 8.72. The zero-order valence-corrected chi connectivity index (χ0v) is 8.28. The van der Waals surface area contributed by atoms with E-state index in [1.165, 1.54) is 17.5 Å². The minimum atomic E-state index is 0.110. The first-order valence-corrected chi connectivity index (χ1v) is 5.22. The molecule has 1 aromatic carbocycles. The SMILES string of the molecule is OCCOC1CCCc2ccccc21. The number of aliphatic hydroxyl groups is 1. The van der Waals surface area contributed by atoms with Gasteiger partial charge in [0.15, 0.2) is 0 Å². The smallest absolute Gasteiger partial charge is 0.0828 e. The minimum absolute atomic E-state index is 0.110. The number of rotatable bonds is 3. The summed E-state index contributed by atoms with van der Waals surface area (Å²) >= 11 is 0. The molecule has 2 rings (SSSR count). The fourth-order valence-corrected chi connectivity index (χ4v) is 2.08. The fraction of sp³-hybridized carbons (Fsp3) is 0.500. The normalized spacial score (nSPS) is 20.5. The first-order chi connectivity index (χ1) is 6.92. The predicted molar refractivity (Wildman–Crippen MR) is 55.2 cm³/mol. The Hall–Kier alpha value is -0.860. The van der Waals surface area contributed by atoms with Gasteiger partial charge in [-0.05, 0) is 30.4 Å². The van der Waals surface area contributed by atoms with E-state index in [1.807, 2.05) is 0 Å². The van der Waals surface area contributed by atoms with Crippen LogP contribution in [0, 0.1) is 0 Å². The van der Waals surface area contributed by atoms with Crippen LogP contribution in [0.15, 0.2) is 24.3 Å². The van der Waals surface area contributed by atoms with Crippen LogP contribution in [0.2, 0.25) is 0 Å². The van der Waals surface area contributed by atoms with E-state index < -0.39 is 0 Å². The number of aliphatic hydroxyl groups excluding tert-OH is 1. The molecule has 0 radical (unpaired) electrons. The third-order valence-corrected chi connectivity index (χ3v) is 2.72. The Morgan fingerprint density at radius 1 is 1.36 bits per heavy atom. The maximum Gasteiger partial charge on any atom is 0.0828 e. The predicted octanol–water partition coefficient (Wildman–Crippen LogP) is 2.07. The lowest BCUT2D eigenvalue weighted by Crippen LogP contribution is -2.14. The van der Waals surface area contributed by atoms with Crippen LogP contribution in [0.5, 0.6) is 0 Å². The first-order valence-electron chi connectivity index (χ1n) is 5.22. The van der Waals surface area contributed by atoms with Crippen LogP contribution in [-0.2, 0) is 11.2 Å². The van der Waals surface area contributed by atoms with Crippen LogP contribution >= 0.6 is 0 Å². The number of fused-ring (bicyclic) bond motifs is 1. The van der Waals surface area contributed by atoms with E-state index >= 15 is 0 Å². The summed E-state index contributed by atoms with van der Waals surface area (Å²) in [6, 6.07) is 8.44. The Labute approximate surface area is 84.5 Å². The third-order valence-electron chi connectivity index (χ3n) is 2.72. The van der Waals surface area contributed by atoms with Crippen LogP contribution in [-0.4, -0.2) is 18.3 Å². The van der Waals surface area contributed by atoms with Crippen LogP contribution in [0.3, 0.4) is 0 Å². The van der Waals surface area contributed by atoms with Crippen molar-refractivity contribution in [2.75, 3.05) is 13.2 Å². The van der Waals surface area contributed by atoms with Gasteiger partial charge in [0.2, 0.25) is 0 Å². The van der Waals surface area contributed by atoms with Crippen molar-refractivity contribution in [1.82, 2.24) is 0 Å². The molecule has 0 heterocycles. The zero-order chi connectivity index (χ0) is 9.80. The Bertz CT molecular complexity index is 296. The van der Waals surface area contributed by atoms with Crippen molar-refractivity contribution in [3.8, 4) is 0 Å². The highest BCUT2D eigenvalue weighted by atomic mass is 16.5. The van der Waals surface area contributed by atoms with Crippen LogP contribution in [0.4, 0.5) is 0 Å². The molecule has 2 nitrogen and oxygen atoms in total. The molecule has 1 aromatic rings. The summed E-state index contributed by atoms with van der Waals surface area (Å²) in [5.41, 5.74) is 2.72. The Morgan fingerprint density at radius 3 is 3.07 bits per heavy atom. The van der Waals surface area contributed by atoms with Crippen LogP contribution in [0.25, 0.3) is 0 Å². The lowest BCUT2D eigenvalue weighted by molar-refractivity contribution is 0.0183. The molecule has 0 bridgehead atoms. The van der Waals surface area contributed by atoms with Gasteiger partial charge in [0, 0.05) is 0 Å². The van der Waals surface area contributed by atoms with E-state index in [9.17, 15) is 0 Å². The highest BCUT2D eigenvalue weighted by molar-refractivity contribution is 5.31. The summed E-state index contributed by atoms with van der Waals surface area (Å²) in [5.74, 6) is 0. The monoisotopic (exact) mass is 192 g/mol. The van der Waals surface area contributed by atoms with E-state index in [1.54, 1.807) is 0 Å². The molecular formula is C12H16O2. The number of aryl methyl sites for hydroxylation is 1. The second kappa shape index (κ2) is 4.58. The first kappa shape index (κ1) is 9.69. The Morgan fingerprint density at radius 2 is 2.21 bits per heavy atom. The highest BCUT2D eigenvalue weighted by Gasteiger charge is 2.19. The molecule has 1 aliphatic carbocycles. The van der Waals surface area contributed by atoms with Gasteiger partial charge in [0.25, 0.3) is 0 Å². The highest BCUT2D eigenvalue weighted by Crippen LogP contribution is 2.31. The second-order valence-corrected chi connectivity index (χ2v) is 3.67. The lowest BCUT2D eigenvalue weighted by atomic mass is 9.89. The Kier molecular flexibility index (Phi) is 3.17. The standard InChI is InChI=1S/C12H16O2/c13-8-9-14-12-7-3-5-10-4-1-2-6-11(10)12/h1-2,4,6,12-13H,3,5,7-9H2. The number of hydrogen-bond acceptors (Lipinski definition) is 2. The summed E-state index contributed by atoms with van der Waals surface area (Å²) in [6.07, 6.45) is 3.63. The van der Waals surface area contributed by atoms with Gasteiger partial charge in [-0.2, -0.15) is 0 Å².